The van der Waals surface area contributed by atoms with Crippen molar-refractivity contribution in [2.75, 3.05) is 10.2 Å². The highest BCUT2D eigenvalue weighted by molar-refractivity contribution is 6.25. The number of nitrogens with one attached hydrogen (secondary N) is 1. The summed E-state index contributed by atoms with van der Waals surface area (Å²) in [6.45, 7) is 4.74. The van der Waals surface area contributed by atoms with E-state index in [1.54, 1.807) is 0 Å². The fraction of sp³-hybridized carbons (Fsp3) is 0.0588. The highest BCUT2D eigenvalue weighted by atomic mass is 15.2. The second-order valence-electron chi connectivity index (χ2n) is 14.6. The van der Waals surface area contributed by atoms with Gasteiger partial charge in [0.25, 0.3) is 0 Å². The Bertz CT molecular complexity index is 2800. The molecule has 1 N–H and O–H groups in total. The van der Waals surface area contributed by atoms with Crippen molar-refractivity contribution in [3.8, 4) is 22.3 Å². The van der Waals surface area contributed by atoms with Crippen LogP contribution >= 0.6 is 0 Å². The van der Waals surface area contributed by atoms with Gasteiger partial charge in [-0.15, -0.1) is 0 Å². The van der Waals surface area contributed by atoms with Crippen LogP contribution in [-0.2, 0) is 5.41 Å². The number of anilines is 5. The van der Waals surface area contributed by atoms with E-state index in [9.17, 15) is 0 Å². The zero-order chi connectivity index (χ0) is 35.5. The summed E-state index contributed by atoms with van der Waals surface area (Å²) in [5.74, 6) is 0. The minimum absolute atomic E-state index is 0.213. The number of hydrogen-bond donors (Lipinski definition) is 1. The van der Waals surface area contributed by atoms with Gasteiger partial charge >= 0.3 is 0 Å². The Balaban J connectivity index is 1.14. The smallest absolute Gasteiger partial charge is 0.0503 e. The van der Waals surface area contributed by atoms with Gasteiger partial charge in [-0.25, -0.2) is 0 Å². The zero-order valence-electron chi connectivity index (χ0n) is 29.8. The standard InChI is InChI=1S/C51H38N2/c1-51(2)46-23-13-14-24-49(46)53(38-27-28-43-41-21-10-9-19-39(41)40-20-11-12-22-42(40)45(43)33-38)50-30-26-36(32-47(50)51)35-25-29-48(52-37-17-7-4-8-18-37)44(31-35)34-15-5-3-6-16-34/h3-33,52H,1-2H3. The summed E-state index contributed by atoms with van der Waals surface area (Å²) in [6, 6.07) is 68.6. The third-order valence-electron chi connectivity index (χ3n) is 11.2. The molecule has 2 heteroatoms. The van der Waals surface area contributed by atoms with Crippen LogP contribution in [0.5, 0.6) is 0 Å². The molecule has 1 heterocycles. The number of fused-ring (bicyclic) bond motifs is 8. The van der Waals surface area contributed by atoms with Crippen molar-refractivity contribution >= 4 is 60.8 Å². The van der Waals surface area contributed by atoms with Crippen molar-refractivity contribution in [1.29, 1.82) is 0 Å². The minimum Gasteiger partial charge on any atom is -0.355 e. The monoisotopic (exact) mass is 678 g/mol. The predicted molar refractivity (Wildman–Crippen MR) is 226 cm³/mol. The summed E-state index contributed by atoms with van der Waals surface area (Å²) in [5, 5.41) is 11.4. The first-order chi connectivity index (χ1) is 26.0. The highest BCUT2D eigenvalue weighted by Gasteiger charge is 2.37. The molecule has 252 valence electrons. The Labute approximate surface area is 310 Å². The summed E-state index contributed by atoms with van der Waals surface area (Å²) in [7, 11) is 0. The molecular weight excluding hydrogens is 641 g/mol. The van der Waals surface area contributed by atoms with Crippen LogP contribution in [0.25, 0.3) is 54.6 Å². The van der Waals surface area contributed by atoms with Crippen LogP contribution in [0.4, 0.5) is 28.4 Å². The van der Waals surface area contributed by atoms with Crippen molar-refractivity contribution in [3.63, 3.8) is 0 Å². The quantitative estimate of drug-likeness (QED) is 0.182. The fourth-order valence-corrected chi connectivity index (χ4v) is 8.56. The highest BCUT2D eigenvalue weighted by Crippen LogP contribution is 2.53. The van der Waals surface area contributed by atoms with Crippen molar-refractivity contribution < 1.29 is 0 Å². The molecular formula is C51H38N2. The predicted octanol–water partition coefficient (Wildman–Crippen LogP) is 14.3. The molecule has 2 nitrogen and oxygen atoms in total. The van der Waals surface area contributed by atoms with Crippen molar-refractivity contribution in [2.24, 2.45) is 0 Å². The van der Waals surface area contributed by atoms with Gasteiger partial charge in [-0.1, -0.05) is 147 Å². The van der Waals surface area contributed by atoms with Gasteiger partial charge in [-0.2, -0.15) is 0 Å². The topological polar surface area (TPSA) is 15.3 Å². The molecule has 10 rings (SSSR count). The first-order valence-corrected chi connectivity index (χ1v) is 18.4. The van der Waals surface area contributed by atoms with E-state index in [-0.39, 0.29) is 5.41 Å². The van der Waals surface area contributed by atoms with Gasteiger partial charge in [0.15, 0.2) is 0 Å². The summed E-state index contributed by atoms with van der Waals surface area (Å²) >= 11 is 0. The Kier molecular flexibility index (Phi) is 7.19. The van der Waals surface area contributed by atoms with Crippen LogP contribution in [0, 0.1) is 0 Å². The molecule has 0 atom stereocenters. The van der Waals surface area contributed by atoms with Crippen LogP contribution in [0.15, 0.2) is 188 Å². The maximum atomic E-state index is 3.67. The van der Waals surface area contributed by atoms with Crippen molar-refractivity contribution in [3.05, 3.63) is 199 Å². The molecule has 0 saturated heterocycles. The molecule has 0 bridgehead atoms. The van der Waals surface area contributed by atoms with Gasteiger partial charge in [0.1, 0.15) is 0 Å². The third kappa shape index (κ3) is 5.10. The second-order valence-corrected chi connectivity index (χ2v) is 14.6. The Morgan fingerprint density at radius 2 is 0.943 bits per heavy atom. The number of nitrogens with zero attached hydrogens (tertiary/aromatic N) is 1. The van der Waals surface area contributed by atoms with Crippen LogP contribution in [0.2, 0.25) is 0 Å². The van der Waals surface area contributed by atoms with Gasteiger partial charge < -0.3 is 10.2 Å². The molecule has 53 heavy (non-hydrogen) atoms. The summed E-state index contributed by atoms with van der Waals surface area (Å²) in [5.41, 5.74) is 12.9. The fourth-order valence-electron chi connectivity index (χ4n) is 8.56. The molecule has 0 aromatic heterocycles. The number of benzene rings is 9. The maximum Gasteiger partial charge on any atom is 0.0503 e. The molecule has 9 aromatic rings. The minimum atomic E-state index is -0.213. The van der Waals surface area contributed by atoms with E-state index < -0.39 is 0 Å². The number of rotatable bonds is 5. The SMILES string of the molecule is CC1(C)c2ccccc2N(c2ccc3c4ccccc4c4ccccc4c3c2)c2ccc(-c3ccc(Nc4ccccc4)c(-c4ccccc4)c3)cc21. The largest absolute Gasteiger partial charge is 0.355 e. The van der Waals surface area contributed by atoms with Crippen LogP contribution in [-0.4, -0.2) is 0 Å². The van der Waals surface area contributed by atoms with E-state index in [0.717, 1.165) is 17.1 Å². The van der Waals surface area contributed by atoms with E-state index >= 15 is 0 Å². The average Bonchev–Trinajstić information content (AvgIpc) is 3.22. The van der Waals surface area contributed by atoms with Crippen LogP contribution < -0.4 is 10.2 Å². The van der Waals surface area contributed by atoms with E-state index in [1.807, 2.05) is 6.07 Å². The van der Waals surface area contributed by atoms with E-state index in [4.69, 9.17) is 0 Å². The lowest BCUT2D eigenvalue weighted by atomic mass is 9.73. The molecule has 0 saturated carbocycles. The van der Waals surface area contributed by atoms with E-state index in [0.29, 0.717) is 0 Å². The lowest BCUT2D eigenvalue weighted by molar-refractivity contribution is 0.632. The summed E-state index contributed by atoms with van der Waals surface area (Å²) < 4.78 is 0. The van der Waals surface area contributed by atoms with Crippen LogP contribution in [0.1, 0.15) is 25.0 Å². The van der Waals surface area contributed by atoms with Crippen molar-refractivity contribution in [2.45, 2.75) is 19.3 Å². The first-order valence-electron chi connectivity index (χ1n) is 18.4. The maximum absolute atomic E-state index is 3.67. The molecule has 0 aliphatic carbocycles. The molecule has 0 unspecified atom stereocenters. The Morgan fingerprint density at radius 1 is 0.396 bits per heavy atom. The zero-order valence-corrected chi connectivity index (χ0v) is 29.8. The first kappa shape index (κ1) is 31.1. The van der Waals surface area contributed by atoms with Crippen molar-refractivity contribution in [1.82, 2.24) is 0 Å². The van der Waals surface area contributed by atoms with Gasteiger partial charge in [-0.3, -0.25) is 0 Å². The summed E-state index contributed by atoms with van der Waals surface area (Å²) in [4.78, 5) is 2.48. The van der Waals surface area contributed by atoms with Gasteiger partial charge in [-0.05, 0) is 115 Å². The molecule has 0 spiro atoms. The van der Waals surface area contributed by atoms with Gasteiger partial charge in [0.05, 0.1) is 11.4 Å². The van der Waals surface area contributed by atoms with Gasteiger partial charge in [0.2, 0.25) is 0 Å². The lowest BCUT2D eigenvalue weighted by Crippen LogP contribution is -2.30. The van der Waals surface area contributed by atoms with E-state index in [2.05, 4.69) is 206 Å². The Morgan fingerprint density at radius 3 is 1.66 bits per heavy atom. The molecule has 0 radical (unpaired) electrons. The molecule has 0 fully saturated rings. The molecule has 1 aliphatic rings. The molecule has 1 aliphatic heterocycles. The molecule has 0 amide bonds. The number of hydrogen-bond acceptors (Lipinski definition) is 2. The van der Waals surface area contributed by atoms with Crippen LogP contribution in [0.3, 0.4) is 0 Å². The number of para-hydroxylation sites is 2. The van der Waals surface area contributed by atoms with E-state index in [1.165, 1.54) is 77.1 Å². The average molecular weight is 679 g/mol. The molecule has 9 aromatic carbocycles. The Hall–Kier alpha value is -6.64. The normalized spacial score (nSPS) is 13.2. The summed E-state index contributed by atoms with van der Waals surface area (Å²) in [6.07, 6.45) is 0. The van der Waals surface area contributed by atoms with Gasteiger partial charge in [0, 0.05) is 28.0 Å². The third-order valence-corrected chi connectivity index (χ3v) is 11.2. The lowest BCUT2D eigenvalue weighted by Gasteiger charge is -2.42. The second kappa shape index (κ2) is 12.3.